The van der Waals surface area contributed by atoms with Crippen LogP contribution in [0.25, 0.3) is 10.2 Å². The van der Waals surface area contributed by atoms with Gasteiger partial charge < -0.3 is 4.74 Å². The summed E-state index contributed by atoms with van der Waals surface area (Å²) in [5.41, 5.74) is 3.42. The largest absolute Gasteiger partial charge is 0.379 e. The minimum absolute atomic E-state index is 0. The maximum Gasteiger partial charge on any atom is 0.234 e. The third-order valence-corrected chi connectivity index (χ3v) is 7.31. The average molecular weight is 466 g/mol. The first-order chi connectivity index (χ1) is 14.1. The predicted molar refractivity (Wildman–Crippen MR) is 129 cm³/mol. The van der Waals surface area contributed by atoms with Gasteiger partial charge in [0.2, 0.25) is 5.91 Å². The number of aryl methyl sites for hydroxylation is 2. The fraction of sp³-hybridized carbons (Fsp3) is 0.455. The van der Waals surface area contributed by atoms with Crippen LogP contribution in [0.1, 0.15) is 22.4 Å². The molecule has 4 rings (SSSR count). The van der Waals surface area contributed by atoms with Crippen LogP contribution in [0, 0.1) is 13.8 Å². The van der Waals surface area contributed by atoms with Gasteiger partial charge in [-0.25, -0.2) is 4.98 Å². The molecule has 8 heteroatoms. The normalized spacial score (nSPS) is 14.6. The van der Waals surface area contributed by atoms with Crippen molar-refractivity contribution in [2.45, 2.75) is 26.7 Å². The number of ether oxygens (including phenoxy) is 1. The summed E-state index contributed by atoms with van der Waals surface area (Å²) in [5, 5.41) is 2.84. The molecule has 1 aliphatic heterocycles. The second kappa shape index (κ2) is 10.7. The average Bonchev–Trinajstić information content (AvgIpc) is 3.36. The first-order valence-corrected chi connectivity index (χ1v) is 11.8. The van der Waals surface area contributed by atoms with E-state index in [0.717, 1.165) is 54.8 Å². The number of halogens is 1. The number of carbonyl (C=O) groups excluding carboxylic acids is 1. The molecule has 5 nitrogen and oxygen atoms in total. The van der Waals surface area contributed by atoms with Gasteiger partial charge in [0.1, 0.15) is 0 Å². The number of thiazole rings is 1. The fourth-order valence-corrected chi connectivity index (χ4v) is 5.50. The summed E-state index contributed by atoms with van der Waals surface area (Å²) in [6, 6.07) is 8.32. The monoisotopic (exact) mass is 465 g/mol. The molecule has 0 radical (unpaired) electrons. The van der Waals surface area contributed by atoms with E-state index in [1.165, 1.54) is 15.8 Å². The molecule has 0 spiro atoms. The molecule has 3 aromatic rings. The van der Waals surface area contributed by atoms with Crippen LogP contribution in [0.5, 0.6) is 0 Å². The lowest BCUT2D eigenvalue weighted by molar-refractivity contribution is -0.118. The molecule has 0 aliphatic carbocycles. The first kappa shape index (κ1) is 23.2. The Morgan fingerprint density at radius 3 is 2.80 bits per heavy atom. The lowest BCUT2D eigenvalue weighted by Crippen LogP contribution is -2.39. The Hall–Kier alpha value is -1.51. The minimum atomic E-state index is 0. The molecule has 0 atom stereocenters. The first-order valence-electron chi connectivity index (χ1n) is 10.1. The number of rotatable bonds is 7. The Labute approximate surface area is 192 Å². The van der Waals surface area contributed by atoms with Crippen molar-refractivity contribution in [3.8, 4) is 0 Å². The summed E-state index contributed by atoms with van der Waals surface area (Å²) >= 11 is 3.26. The minimum Gasteiger partial charge on any atom is -0.379 e. The van der Waals surface area contributed by atoms with Crippen molar-refractivity contribution in [1.82, 2.24) is 9.88 Å². The molecule has 3 heterocycles. The van der Waals surface area contributed by atoms with E-state index in [9.17, 15) is 4.79 Å². The van der Waals surface area contributed by atoms with Crippen LogP contribution in [-0.4, -0.2) is 55.2 Å². The van der Waals surface area contributed by atoms with Crippen molar-refractivity contribution >= 4 is 56.3 Å². The highest BCUT2D eigenvalue weighted by molar-refractivity contribution is 7.22. The van der Waals surface area contributed by atoms with Crippen molar-refractivity contribution in [1.29, 1.82) is 0 Å². The van der Waals surface area contributed by atoms with E-state index in [1.807, 2.05) is 22.4 Å². The number of hydrogen-bond acceptors (Lipinski definition) is 6. The highest BCUT2D eigenvalue weighted by Crippen LogP contribution is 2.32. The molecule has 0 saturated carbocycles. The van der Waals surface area contributed by atoms with E-state index in [1.54, 1.807) is 22.7 Å². The molecule has 2 aromatic heterocycles. The molecule has 0 bridgehead atoms. The zero-order valence-corrected chi connectivity index (χ0v) is 19.9. The van der Waals surface area contributed by atoms with Crippen molar-refractivity contribution in [2.75, 3.05) is 44.3 Å². The summed E-state index contributed by atoms with van der Waals surface area (Å²) in [7, 11) is 0. The molecule has 0 unspecified atom stereocenters. The molecule has 1 aliphatic rings. The molecule has 30 heavy (non-hydrogen) atoms. The topological polar surface area (TPSA) is 45.7 Å². The number of carbonyl (C=O) groups is 1. The van der Waals surface area contributed by atoms with Gasteiger partial charge in [-0.05, 0) is 48.9 Å². The molecule has 1 aromatic carbocycles. The van der Waals surface area contributed by atoms with E-state index < -0.39 is 0 Å². The molecule has 1 fully saturated rings. The number of thiophene rings is 1. The zero-order valence-electron chi connectivity index (χ0n) is 17.4. The number of benzene rings is 1. The van der Waals surface area contributed by atoms with Crippen molar-refractivity contribution in [2.24, 2.45) is 0 Å². The SMILES string of the molecule is Cc1cc(C)c2sc(N(CCCN3CCOCC3)C(=O)Cc3cccs3)nc2c1.Cl. The smallest absolute Gasteiger partial charge is 0.234 e. The number of aromatic nitrogens is 1. The summed E-state index contributed by atoms with van der Waals surface area (Å²) < 4.78 is 6.61. The molecular formula is C22H28ClN3O2S2. The van der Waals surface area contributed by atoms with Gasteiger partial charge >= 0.3 is 0 Å². The van der Waals surface area contributed by atoms with Crippen LogP contribution in [0.15, 0.2) is 29.6 Å². The second-order valence-electron chi connectivity index (χ2n) is 7.54. The lowest BCUT2D eigenvalue weighted by atomic mass is 10.1. The second-order valence-corrected chi connectivity index (χ2v) is 9.55. The van der Waals surface area contributed by atoms with Gasteiger partial charge in [0.25, 0.3) is 0 Å². The number of nitrogens with zero attached hydrogens (tertiary/aromatic N) is 3. The van der Waals surface area contributed by atoms with Crippen LogP contribution in [0.3, 0.4) is 0 Å². The quantitative estimate of drug-likeness (QED) is 0.507. The Balaban J connectivity index is 0.00000256. The van der Waals surface area contributed by atoms with E-state index >= 15 is 0 Å². The number of fused-ring (bicyclic) bond motifs is 1. The predicted octanol–water partition coefficient (Wildman–Crippen LogP) is 4.69. The highest BCUT2D eigenvalue weighted by Gasteiger charge is 2.21. The Morgan fingerprint density at radius 1 is 1.27 bits per heavy atom. The molecular weight excluding hydrogens is 438 g/mol. The number of morpholine rings is 1. The van der Waals surface area contributed by atoms with Gasteiger partial charge in [-0.2, -0.15) is 0 Å². The van der Waals surface area contributed by atoms with Gasteiger partial charge in [-0.15, -0.1) is 23.7 Å². The standard InChI is InChI=1S/C22H27N3O2S2.ClH/c1-16-13-17(2)21-19(14-16)23-22(29-21)25(20(26)15-18-5-3-12-28-18)7-4-6-24-8-10-27-11-9-24;/h3,5,12-14H,4,6-11,15H2,1-2H3;1H. The van der Waals surface area contributed by atoms with E-state index in [0.29, 0.717) is 13.0 Å². The van der Waals surface area contributed by atoms with Gasteiger partial charge in [-0.1, -0.05) is 23.5 Å². The van der Waals surface area contributed by atoms with Gasteiger partial charge in [0.15, 0.2) is 5.13 Å². The maximum atomic E-state index is 13.2. The summed E-state index contributed by atoms with van der Waals surface area (Å²) in [6.07, 6.45) is 1.37. The van der Waals surface area contributed by atoms with Gasteiger partial charge in [0, 0.05) is 31.1 Å². The molecule has 162 valence electrons. The Bertz CT molecular complexity index is 968. The number of hydrogen-bond donors (Lipinski definition) is 0. The molecule has 1 amide bonds. The van der Waals surface area contributed by atoms with Crippen LogP contribution in [0.2, 0.25) is 0 Å². The van der Waals surface area contributed by atoms with E-state index in [2.05, 4.69) is 30.9 Å². The Kier molecular flexibility index (Phi) is 8.25. The van der Waals surface area contributed by atoms with E-state index in [-0.39, 0.29) is 18.3 Å². The van der Waals surface area contributed by atoms with Crippen LogP contribution in [-0.2, 0) is 16.0 Å². The van der Waals surface area contributed by atoms with Crippen molar-refractivity contribution < 1.29 is 9.53 Å². The third-order valence-electron chi connectivity index (χ3n) is 5.21. The van der Waals surface area contributed by atoms with Gasteiger partial charge in [-0.3, -0.25) is 14.6 Å². The molecule has 1 saturated heterocycles. The highest BCUT2D eigenvalue weighted by atomic mass is 35.5. The zero-order chi connectivity index (χ0) is 20.2. The van der Waals surface area contributed by atoms with Crippen molar-refractivity contribution in [3.63, 3.8) is 0 Å². The summed E-state index contributed by atoms with van der Waals surface area (Å²) in [6.45, 7) is 9.44. The maximum absolute atomic E-state index is 13.2. The Morgan fingerprint density at radius 2 is 2.07 bits per heavy atom. The number of anilines is 1. The van der Waals surface area contributed by atoms with Gasteiger partial charge in [0.05, 0.1) is 29.9 Å². The summed E-state index contributed by atoms with van der Waals surface area (Å²) in [5.74, 6) is 0.128. The van der Waals surface area contributed by atoms with Crippen LogP contribution < -0.4 is 4.90 Å². The lowest BCUT2D eigenvalue weighted by Gasteiger charge is -2.27. The van der Waals surface area contributed by atoms with E-state index in [4.69, 9.17) is 9.72 Å². The van der Waals surface area contributed by atoms with Crippen LogP contribution >= 0.6 is 35.1 Å². The fourth-order valence-electron chi connectivity index (χ4n) is 3.74. The number of amides is 1. The summed E-state index contributed by atoms with van der Waals surface area (Å²) in [4.78, 5) is 23.4. The molecule has 0 N–H and O–H groups in total. The van der Waals surface area contributed by atoms with Crippen LogP contribution in [0.4, 0.5) is 5.13 Å². The van der Waals surface area contributed by atoms with Crippen molar-refractivity contribution in [3.05, 3.63) is 45.6 Å². The third kappa shape index (κ3) is 5.59.